The van der Waals surface area contributed by atoms with Crippen molar-refractivity contribution in [2.24, 2.45) is 7.05 Å². The topological polar surface area (TPSA) is 3.88 Å². The van der Waals surface area contributed by atoms with Crippen molar-refractivity contribution in [3.05, 3.63) is 107 Å². The molecule has 1 heterocycles. The molecule has 0 saturated heterocycles. The maximum Gasteiger partial charge on any atom is 0.161 e. The second-order valence-corrected chi connectivity index (χ2v) is 6.84. The number of hydrogen-bond donors (Lipinski definition) is 0. The first-order chi connectivity index (χ1) is 12.7. The molecule has 1 radical (unpaired) electrons. The molecule has 4 aromatic rings. The summed E-state index contributed by atoms with van der Waals surface area (Å²) in [7, 11) is 2.08. The van der Waals surface area contributed by atoms with Gasteiger partial charge in [-0.05, 0) is 6.07 Å². The first-order valence-corrected chi connectivity index (χ1v) is 8.87. The molecule has 0 atom stereocenters. The Labute approximate surface area is 185 Å². The van der Waals surface area contributed by atoms with Gasteiger partial charge in [-0.3, -0.25) is 0 Å². The van der Waals surface area contributed by atoms with E-state index in [2.05, 4.69) is 97.5 Å². The number of pyridine rings is 1. The van der Waals surface area contributed by atoms with Crippen LogP contribution in [0.25, 0.3) is 27.6 Å². The molecule has 0 amide bonds. The van der Waals surface area contributed by atoms with Gasteiger partial charge < -0.3 is 0 Å². The van der Waals surface area contributed by atoms with Gasteiger partial charge in [-0.2, -0.15) is 29.3 Å². The quantitative estimate of drug-likeness (QED) is 0.278. The first-order valence-electron chi connectivity index (χ1n) is 8.87. The number of benzene rings is 3. The normalized spacial score (nSPS) is 12.0. The summed E-state index contributed by atoms with van der Waals surface area (Å²) in [6, 6.07) is 27.2. The molecule has 0 fully saturated rings. The predicted octanol–water partition coefficient (Wildman–Crippen LogP) is 5.03. The average Bonchev–Trinajstić information content (AvgIpc) is 3.04. The number of rotatable bonds is 2. The zero-order valence-corrected chi connectivity index (χ0v) is 18.3. The Morgan fingerprint density at radius 1 is 0.852 bits per heavy atom. The Bertz CT molecular complexity index is 1200. The number of hydrogen-bond acceptors (Lipinski definition) is 0. The molecule has 1 nitrogen and oxygen atoms in total. The molecule has 1 aromatic heterocycles. The van der Waals surface area contributed by atoms with Crippen LogP contribution in [0.1, 0.15) is 22.3 Å². The van der Waals surface area contributed by atoms with Crippen LogP contribution in [0.2, 0.25) is 0 Å². The van der Waals surface area contributed by atoms with Crippen LogP contribution in [0, 0.1) is 19.1 Å². The zero-order chi connectivity index (χ0) is 17.7. The fraction of sp³-hybridized carbons (Fsp3) is 0.0800. The van der Waals surface area contributed by atoms with Crippen LogP contribution in [-0.2, 0) is 39.8 Å². The van der Waals surface area contributed by atoms with Crippen molar-refractivity contribution in [2.75, 3.05) is 0 Å². The van der Waals surface area contributed by atoms with E-state index in [9.17, 15) is 0 Å². The van der Waals surface area contributed by atoms with Crippen LogP contribution in [0.5, 0.6) is 0 Å². The summed E-state index contributed by atoms with van der Waals surface area (Å²) in [5.74, 6) is 0. The smallest absolute Gasteiger partial charge is 0.161 e. The third-order valence-electron chi connectivity index (χ3n) is 5.17. The molecule has 2 heteroatoms. The standard InChI is InChI=1S/C25H18N.Y/c1-17-12-13-19(15-22(17)24-11-3-4-14-26(24)2)23-16-20-9-5-7-18-8-6-10-21(23)25(18)20;/h3-14H,1-2H3;/q-1;. The van der Waals surface area contributed by atoms with Crippen molar-refractivity contribution < 1.29 is 37.3 Å². The molecule has 27 heavy (non-hydrogen) atoms. The first kappa shape index (κ1) is 18.3. The van der Waals surface area contributed by atoms with Crippen molar-refractivity contribution in [3.63, 3.8) is 0 Å². The molecule has 0 aliphatic heterocycles. The van der Waals surface area contributed by atoms with E-state index in [-0.39, 0.29) is 32.7 Å². The maximum absolute atomic E-state index is 3.67. The maximum atomic E-state index is 3.67. The van der Waals surface area contributed by atoms with Gasteiger partial charge in [-0.25, -0.2) is 4.57 Å². The Morgan fingerprint density at radius 3 is 2.48 bits per heavy atom. The molecule has 0 spiro atoms. The van der Waals surface area contributed by atoms with E-state index in [4.69, 9.17) is 0 Å². The third kappa shape index (κ3) is 3.00. The van der Waals surface area contributed by atoms with E-state index in [1.54, 1.807) is 0 Å². The monoisotopic (exact) mass is 421 g/mol. The van der Waals surface area contributed by atoms with Crippen LogP contribution in [-0.4, -0.2) is 0 Å². The fourth-order valence-corrected chi connectivity index (χ4v) is 3.83. The van der Waals surface area contributed by atoms with Crippen LogP contribution in [0.3, 0.4) is 0 Å². The van der Waals surface area contributed by atoms with Gasteiger partial charge in [0.2, 0.25) is 0 Å². The summed E-state index contributed by atoms with van der Waals surface area (Å²) in [5, 5.41) is 2.56. The number of nitrogens with zero attached hydrogens (tertiary/aromatic N) is 1. The fourth-order valence-electron chi connectivity index (χ4n) is 3.83. The minimum absolute atomic E-state index is 0. The van der Waals surface area contributed by atoms with Gasteiger partial charge in [-0.15, -0.1) is 40.3 Å². The molecular formula is C25H18NY-. The van der Waals surface area contributed by atoms with Crippen molar-refractivity contribution in [2.45, 2.75) is 6.92 Å². The van der Waals surface area contributed by atoms with Crippen LogP contribution in [0.4, 0.5) is 0 Å². The van der Waals surface area contributed by atoms with Crippen LogP contribution >= 0.6 is 0 Å². The van der Waals surface area contributed by atoms with Crippen molar-refractivity contribution >= 4 is 16.3 Å². The molecule has 0 bridgehead atoms. The van der Waals surface area contributed by atoms with Gasteiger partial charge >= 0.3 is 0 Å². The van der Waals surface area contributed by atoms with Gasteiger partial charge in [0.25, 0.3) is 0 Å². The molecule has 0 unspecified atom stereocenters. The van der Waals surface area contributed by atoms with Crippen LogP contribution in [0.15, 0.2) is 72.9 Å². The van der Waals surface area contributed by atoms with E-state index in [1.807, 2.05) is 6.07 Å². The molecule has 0 N–H and O–H groups in total. The minimum atomic E-state index is 0. The Kier molecular flexibility index (Phi) is 4.84. The molecule has 0 saturated carbocycles. The van der Waals surface area contributed by atoms with Gasteiger partial charge in [0.05, 0.1) is 0 Å². The van der Waals surface area contributed by atoms with Gasteiger partial charge in [0, 0.05) is 38.8 Å². The summed E-state index contributed by atoms with van der Waals surface area (Å²) < 4.78 is 2.14. The second-order valence-electron chi connectivity index (χ2n) is 6.84. The van der Waals surface area contributed by atoms with Crippen molar-refractivity contribution in [3.8, 4) is 11.3 Å². The number of aromatic nitrogens is 1. The average molecular weight is 421 g/mol. The summed E-state index contributed by atoms with van der Waals surface area (Å²) in [6.45, 7) is 2.14. The van der Waals surface area contributed by atoms with Gasteiger partial charge in [0.1, 0.15) is 12.7 Å². The number of aryl methyl sites for hydroxylation is 2. The molecule has 3 aromatic carbocycles. The van der Waals surface area contributed by atoms with Crippen molar-refractivity contribution in [1.82, 2.24) is 0 Å². The summed E-state index contributed by atoms with van der Waals surface area (Å²) in [4.78, 5) is 0. The molecular weight excluding hydrogens is 403 g/mol. The minimum Gasteiger partial charge on any atom is -0.234 e. The Hall–Kier alpha value is -2.09. The third-order valence-corrected chi connectivity index (χ3v) is 5.17. The van der Waals surface area contributed by atoms with Gasteiger partial charge in [0.15, 0.2) is 6.20 Å². The van der Waals surface area contributed by atoms with E-state index < -0.39 is 0 Å². The van der Waals surface area contributed by atoms with Crippen molar-refractivity contribution in [1.29, 1.82) is 0 Å². The Balaban J connectivity index is 0.00000180. The van der Waals surface area contributed by atoms with E-state index >= 15 is 0 Å². The molecule has 1 aliphatic rings. The largest absolute Gasteiger partial charge is 0.234 e. The molecule has 5 rings (SSSR count). The zero-order valence-electron chi connectivity index (χ0n) is 15.5. The SMILES string of the molecule is Cc1ccc(C2=[C-]c3cccc4cccc2c34)[c-]c1-c1cccc[n+]1C.[Y]. The van der Waals surface area contributed by atoms with E-state index in [0.29, 0.717) is 0 Å². The molecule has 1 aliphatic carbocycles. The Morgan fingerprint density at radius 2 is 1.67 bits per heavy atom. The van der Waals surface area contributed by atoms with Crippen LogP contribution < -0.4 is 4.57 Å². The summed E-state index contributed by atoms with van der Waals surface area (Å²) in [6.07, 6.45) is 5.69. The molecule has 127 valence electrons. The predicted molar refractivity (Wildman–Crippen MR) is 105 cm³/mol. The second kappa shape index (κ2) is 7.15. The van der Waals surface area contributed by atoms with Gasteiger partial charge in [-0.1, -0.05) is 48.2 Å². The summed E-state index contributed by atoms with van der Waals surface area (Å²) >= 11 is 0. The summed E-state index contributed by atoms with van der Waals surface area (Å²) in [5.41, 5.74) is 8.19. The van der Waals surface area contributed by atoms with E-state index in [0.717, 1.165) is 16.7 Å². The van der Waals surface area contributed by atoms with E-state index in [1.165, 1.54) is 33.2 Å².